The molecule has 3 rings (SSSR count). The molecule has 3 aromatic rings. The molecule has 1 unspecified atom stereocenters. The first-order valence-corrected chi connectivity index (χ1v) is 6.64. The van der Waals surface area contributed by atoms with E-state index in [9.17, 15) is 0 Å². The molecular weight excluding hydrogens is 250 g/mol. The van der Waals surface area contributed by atoms with Gasteiger partial charge in [0.05, 0.1) is 6.20 Å². The molecule has 102 valence electrons. The van der Waals surface area contributed by atoms with E-state index < -0.39 is 0 Å². The maximum atomic E-state index is 5.87. The van der Waals surface area contributed by atoms with Crippen LogP contribution in [0.25, 0.3) is 11.1 Å². The maximum Gasteiger partial charge on any atom is 0.130 e. The van der Waals surface area contributed by atoms with Gasteiger partial charge in [0.2, 0.25) is 0 Å². The lowest BCUT2D eigenvalue weighted by Crippen LogP contribution is -2.20. The summed E-state index contributed by atoms with van der Waals surface area (Å²) in [6, 6.07) is 14.0. The van der Waals surface area contributed by atoms with Gasteiger partial charge in [-0.15, -0.1) is 0 Å². The summed E-state index contributed by atoms with van der Waals surface area (Å²) in [5.74, 6) is 1.72. The van der Waals surface area contributed by atoms with E-state index in [1.54, 1.807) is 0 Å². The monoisotopic (exact) mass is 267 g/mol. The van der Waals surface area contributed by atoms with Crippen LogP contribution >= 0.6 is 0 Å². The molecule has 2 N–H and O–H groups in total. The maximum absolute atomic E-state index is 5.87. The molecule has 0 fully saturated rings. The van der Waals surface area contributed by atoms with E-state index in [-0.39, 0.29) is 6.04 Å². The first-order chi connectivity index (χ1) is 9.78. The van der Waals surface area contributed by atoms with Gasteiger partial charge in [-0.3, -0.25) is 4.68 Å². The van der Waals surface area contributed by atoms with E-state index in [0.29, 0.717) is 6.54 Å². The zero-order chi connectivity index (χ0) is 13.9. The Morgan fingerprint density at radius 1 is 1.15 bits per heavy atom. The lowest BCUT2D eigenvalue weighted by atomic mass is 10.1. The van der Waals surface area contributed by atoms with Gasteiger partial charge in [-0.25, -0.2) is 0 Å². The fourth-order valence-corrected chi connectivity index (χ4v) is 2.28. The van der Waals surface area contributed by atoms with E-state index >= 15 is 0 Å². The third-order valence-electron chi connectivity index (χ3n) is 3.34. The van der Waals surface area contributed by atoms with Gasteiger partial charge in [0.1, 0.15) is 17.6 Å². The smallest absolute Gasteiger partial charge is 0.130 e. The van der Waals surface area contributed by atoms with Crippen molar-refractivity contribution in [3.63, 3.8) is 0 Å². The molecule has 0 spiro atoms. The fourth-order valence-electron chi connectivity index (χ4n) is 2.28. The van der Waals surface area contributed by atoms with Gasteiger partial charge in [-0.05, 0) is 24.6 Å². The van der Waals surface area contributed by atoms with Crippen LogP contribution in [0.2, 0.25) is 0 Å². The number of nitrogens with zero attached hydrogens (tertiary/aromatic N) is 2. The van der Waals surface area contributed by atoms with Gasteiger partial charge in [-0.1, -0.05) is 30.3 Å². The zero-order valence-corrected chi connectivity index (χ0v) is 11.4. The fraction of sp³-hybridized carbons (Fsp3) is 0.188. The quantitative estimate of drug-likeness (QED) is 0.790. The molecule has 0 aliphatic heterocycles. The molecule has 0 aliphatic carbocycles. The van der Waals surface area contributed by atoms with E-state index in [4.69, 9.17) is 10.2 Å². The normalized spacial score (nSPS) is 12.5. The molecule has 4 nitrogen and oxygen atoms in total. The highest BCUT2D eigenvalue weighted by atomic mass is 16.3. The third kappa shape index (κ3) is 2.38. The van der Waals surface area contributed by atoms with Gasteiger partial charge < -0.3 is 10.2 Å². The van der Waals surface area contributed by atoms with Crippen LogP contribution in [0.3, 0.4) is 0 Å². The summed E-state index contributed by atoms with van der Waals surface area (Å²) in [5.41, 5.74) is 8.09. The first kappa shape index (κ1) is 12.7. The molecule has 20 heavy (non-hydrogen) atoms. The van der Waals surface area contributed by atoms with Crippen LogP contribution in [0.4, 0.5) is 0 Å². The van der Waals surface area contributed by atoms with Crippen molar-refractivity contribution in [3.05, 3.63) is 66.4 Å². The Bertz CT molecular complexity index is 685. The van der Waals surface area contributed by atoms with Crippen LogP contribution in [-0.4, -0.2) is 16.3 Å². The zero-order valence-electron chi connectivity index (χ0n) is 11.4. The minimum Gasteiger partial charge on any atom is -0.464 e. The number of furan rings is 1. The van der Waals surface area contributed by atoms with Crippen molar-refractivity contribution in [2.75, 3.05) is 6.54 Å². The molecule has 0 amide bonds. The summed E-state index contributed by atoms with van der Waals surface area (Å²) in [5, 5.41) is 4.43. The summed E-state index contributed by atoms with van der Waals surface area (Å²) in [6.07, 6.45) is 3.86. The van der Waals surface area contributed by atoms with E-state index in [1.807, 2.05) is 54.3 Å². The van der Waals surface area contributed by atoms with Crippen LogP contribution in [0.5, 0.6) is 0 Å². The Labute approximate surface area is 117 Å². The average molecular weight is 267 g/mol. The van der Waals surface area contributed by atoms with E-state index in [2.05, 4.69) is 17.2 Å². The number of aromatic nitrogens is 2. The van der Waals surface area contributed by atoms with Crippen molar-refractivity contribution in [3.8, 4) is 11.1 Å². The SMILES string of the molecule is Cc1ccc(C(CN)n2cc(-c3ccccc3)cn2)o1. The topological polar surface area (TPSA) is 57.0 Å². The minimum atomic E-state index is -0.0684. The van der Waals surface area contributed by atoms with Crippen LogP contribution in [0, 0.1) is 6.92 Å². The Kier molecular flexibility index (Phi) is 3.39. The molecule has 0 saturated heterocycles. The predicted molar refractivity (Wildman–Crippen MR) is 78.3 cm³/mol. The second-order valence-corrected chi connectivity index (χ2v) is 4.77. The highest BCUT2D eigenvalue weighted by molar-refractivity contribution is 5.61. The molecule has 1 aromatic carbocycles. The van der Waals surface area contributed by atoms with Crippen molar-refractivity contribution >= 4 is 0 Å². The predicted octanol–water partition coefficient (Wildman–Crippen LogP) is 3.00. The number of benzene rings is 1. The molecule has 2 heterocycles. The Hall–Kier alpha value is -2.33. The molecule has 4 heteroatoms. The lowest BCUT2D eigenvalue weighted by molar-refractivity contribution is 0.398. The third-order valence-corrected chi connectivity index (χ3v) is 3.34. The standard InChI is InChI=1S/C16H17N3O/c1-12-7-8-16(20-12)15(9-17)19-11-14(10-18-19)13-5-3-2-4-6-13/h2-8,10-11,15H,9,17H2,1H3. The van der Waals surface area contributed by atoms with E-state index in [1.165, 1.54) is 0 Å². The highest BCUT2D eigenvalue weighted by Crippen LogP contribution is 2.23. The molecule has 0 aliphatic rings. The summed E-state index contributed by atoms with van der Waals surface area (Å²) in [4.78, 5) is 0. The van der Waals surface area contributed by atoms with Crippen LogP contribution < -0.4 is 5.73 Å². The Balaban J connectivity index is 1.92. The summed E-state index contributed by atoms with van der Waals surface area (Å²) >= 11 is 0. The van der Waals surface area contributed by atoms with Gasteiger partial charge in [-0.2, -0.15) is 5.10 Å². The Morgan fingerprint density at radius 3 is 2.60 bits per heavy atom. The van der Waals surface area contributed by atoms with Gasteiger partial charge in [0.25, 0.3) is 0 Å². The molecule has 0 bridgehead atoms. The number of hydrogen-bond donors (Lipinski definition) is 1. The molecule has 2 aromatic heterocycles. The van der Waals surface area contributed by atoms with Gasteiger partial charge in [0, 0.05) is 18.3 Å². The number of nitrogens with two attached hydrogens (primary N) is 1. The highest BCUT2D eigenvalue weighted by Gasteiger charge is 2.17. The molecule has 0 radical (unpaired) electrons. The second-order valence-electron chi connectivity index (χ2n) is 4.77. The summed E-state index contributed by atoms with van der Waals surface area (Å²) in [6.45, 7) is 2.37. The van der Waals surface area contributed by atoms with Crippen molar-refractivity contribution in [2.45, 2.75) is 13.0 Å². The Morgan fingerprint density at radius 2 is 1.95 bits per heavy atom. The largest absolute Gasteiger partial charge is 0.464 e. The summed E-state index contributed by atoms with van der Waals surface area (Å²) < 4.78 is 7.53. The average Bonchev–Trinajstić information content (AvgIpc) is 3.11. The van der Waals surface area contributed by atoms with Crippen LogP contribution in [-0.2, 0) is 0 Å². The molecule has 1 atom stereocenters. The van der Waals surface area contributed by atoms with Crippen LogP contribution in [0.15, 0.2) is 59.3 Å². The first-order valence-electron chi connectivity index (χ1n) is 6.64. The van der Waals surface area contributed by atoms with Gasteiger partial charge in [0.15, 0.2) is 0 Å². The van der Waals surface area contributed by atoms with Crippen molar-refractivity contribution in [1.82, 2.24) is 9.78 Å². The summed E-state index contributed by atoms with van der Waals surface area (Å²) in [7, 11) is 0. The van der Waals surface area contributed by atoms with Crippen LogP contribution in [0.1, 0.15) is 17.6 Å². The van der Waals surface area contributed by atoms with Gasteiger partial charge >= 0.3 is 0 Å². The number of aryl methyl sites for hydroxylation is 1. The van der Waals surface area contributed by atoms with Crippen molar-refractivity contribution in [2.24, 2.45) is 5.73 Å². The lowest BCUT2D eigenvalue weighted by Gasteiger charge is -2.12. The minimum absolute atomic E-state index is 0.0684. The number of hydrogen-bond acceptors (Lipinski definition) is 3. The molecular formula is C16H17N3O. The molecule has 0 saturated carbocycles. The van der Waals surface area contributed by atoms with Crippen molar-refractivity contribution in [1.29, 1.82) is 0 Å². The van der Waals surface area contributed by atoms with E-state index in [0.717, 1.165) is 22.6 Å². The van der Waals surface area contributed by atoms with Crippen molar-refractivity contribution < 1.29 is 4.42 Å². The number of rotatable bonds is 4. The second kappa shape index (κ2) is 5.35.